The van der Waals surface area contributed by atoms with Crippen molar-refractivity contribution in [2.45, 2.75) is 64.0 Å². The Hall–Kier alpha value is -1.92. The van der Waals surface area contributed by atoms with Crippen molar-refractivity contribution >= 4 is 11.9 Å². The van der Waals surface area contributed by atoms with Gasteiger partial charge in [-0.2, -0.15) is 0 Å². The molecule has 1 aliphatic rings. The van der Waals surface area contributed by atoms with E-state index in [4.69, 9.17) is 9.47 Å². The van der Waals surface area contributed by atoms with E-state index in [1.165, 1.54) is 0 Å². The maximum atomic E-state index is 12.3. The predicted octanol–water partition coefficient (Wildman–Crippen LogP) is 3.20. The highest BCUT2D eigenvalue weighted by Gasteiger charge is 2.20. The zero-order chi connectivity index (χ0) is 19.9. The van der Waals surface area contributed by atoms with Gasteiger partial charge in [-0.15, -0.1) is 0 Å². The summed E-state index contributed by atoms with van der Waals surface area (Å²) in [5.41, 5.74) is 1.98. The van der Waals surface area contributed by atoms with Crippen molar-refractivity contribution in [3.8, 4) is 0 Å². The molecule has 2 N–H and O–H groups in total. The van der Waals surface area contributed by atoms with Gasteiger partial charge in [0.25, 0.3) is 0 Å². The highest BCUT2D eigenvalue weighted by Crippen LogP contribution is 2.25. The van der Waals surface area contributed by atoms with Crippen LogP contribution in [0.15, 0.2) is 24.3 Å². The van der Waals surface area contributed by atoms with Crippen LogP contribution in [-0.4, -0.2) is 42.9 Å². The number of ether oxygens (including phenoxy) is 2. The summed E-state index contributed by atoms with van der Waals surface area (Å²) in [5, 5.41) is 12.0. The lowest BCUT2D eigenvalue weighted by Gasteiger charge is -2.23. The molecule has 0 aromatic heterocycles. The van der Waals surface area contributed by atoms with E-state index in [1.54, 1.807) is 0 Å². The molecule has 1 saturated heterocycles. The van der Waals surface area contributed by atoms with Crippen LogP contribution in [0.4, 0.5) is 0 Å². The Labute approximate surface area is 161 Å². The van der Waals surface area contributed by atoms with Gasteiger partial charge in [0.05, 0.1) is 25.2 Å². The van der Waals surface area contributed by atoms with E-state index in [2.05, 4.69) is 26.1 Å². The first-order valence-electron chi connectivity index (χ1n) is 9.56. The molecule has 0 aliphatic carbocycles. The molecule has 0 radical (unpaired) electrons. The van der Waals surface area contributed by atoms with Crippen LogP contribution >= 0.6 is 0 Å². The monoisotopic (exact) mass is 377 g/mol. The Morgan fingerprint density at radius 1 is 1.22 bits per heavy atom. The third kappa shape index (κ3) is 7.31. The first-order chi connectivity index (χ1) is 12.8. The van der Waals surface area contributed by atoms with Crippen molar-refractivity contribution in [1.82, 2.24) is 5.32 Å². The molecule has 1 heterocycles. The molecule has 0 spiro atoms. The number of carboxylic acid groups (broad SMARTS) is 1. The summed E-state index contributed by atoms with van der Waals surface area (Å²) >= 11 is 0. The van der Waals surface area contributed by atoms with E-state index in [0.29, 0.717) is 19.8 Å². The maximum absolute atomic E-state index is 12.3. The third-order valence-corrected chi connectivity index (χ3v) is 4.74. The van der Waals surface area contributed by atoms with Crippen molar-refractivity contribution in [3.05, 3.63) is 35.4 Å². The van der Waals surface area contributed by atoms with E-state index in [-0.39, 0.29) is 30.3 Å². The molecule has 1 fully saturated rings. The van der Waals surface area contributed by atoms with E-state index in [0.717, 1.165) is 24.0 Å². The average molecular weight is 377 g/mol. The molecule has 2 rings (SSSR count). The summed E-state index contributed by atoms with van der Waals surface area (Å²) in [6.45, 7) is 8.09. The smallest absolute Gasteiger partial charge is 0.305 e. The molecule has 6 nitrogen and oxygen atoms in total. The summed E-state index contributed by atoms with van der Waals surface area (Å²) in [6, 6.07) is 7.22. The Morgan fingerprint density at radius 2 is 1.85 bits per heavy atom. The van der Waals surface area contributed by atoms with Gasteiger partial charge in [-0.3, -0.25) is 9.59 Å². The Bertz CT molecular complexity index is 614. The largest absolute Gasteiger partial charge is 0.481 e. The second-order valence-corrected chi connectivity index (χ2v) is 8.02. The average Bonchev–Trinajstić information content (AvgIpc) is 2.61. The highest BCUT2D eigenvalue weighted by atomic mass is 16.5. The zero-order valence-corrected chi connectivity index (χ0v) is 16.5. The van der Waals surface area contributed by atoms with Gasteiger partial charge in [-0.25, -0.2) is 0 Å². The summed E-state index contributed by atoms with van der Waals surface area (Å²) in [7, 11) is 0. The van der Waals surface area contributed by atoms with Gasteiger partial charge in [0.1, 0.15) is 0 Å². The minimum Gasteiger partial charge on any atom is -0.481 e. The Balaban J connectivity index is 1.90. The van der Waals surface area contributed by atoms with Crippen LogP contribution in [0.1, 0.15) is 63.6 Å². The molecule has 6 heteroatoms. The second-order valence-electron chi connectivity index (χ2n) is 8.02. The van der Waals surface area contributed by atoms with Gasteiger partial charge in [0, 0.05) is 19.6 Å². The van der Waals surface area contributed by atoms with Crippen molar-refractivity contribution in [1.29, 1.82) is 0 Å². The quantitative estimate of drug-likeness (QED) is 0.727. The molecule has 27 heavy (non-hydrogen) atoms. The van der Waals surface area contributed by atoms with Gasteiger partial charge >= 0.3 is 5.97 Å². The van der Waals surface area contributed by atoms with Crippen LogP contribution in [0, 0.1) is 0 Å². The fourth-order valence-electron chi connectivity index (χ4n) is 3.07. The summed E-state index contributed by atoms with van der Waals surface area (Å²) < 4.78 is 11.0. The van der Waals surface area contributed by atoms with Gasteiger partial charge in [-0.1, -0.05) is 45.0 Å². The molecule has 1 aromatic carbocycles. The van der Waals surface area contributed by atoms with Gasteiger partial charge in [-0.05, 0) is 29.4 Å². The molecule has 1 atom stereocenters. The number of benzene rings is 1. The number of amides is 1. The van der Waals surface area contributed by atoms with Crippen LogP contribution in [0.25, 0.3) is 0 Å². The minimum atomic E-state index is -0.946. The number of carbonyl (C=O) groups excluding carboxylic acids is 1. The molecule has 1 unspecified atom stereocenters. The minimum absolute atomic E-state index is 0.0194. The van der Waals surface area contributed by atoms with E-state index < -0.39 is 12.0 Å². The zero-order valence-electron chi connectivity index (χ0n) is 16.5. The fourth-order valence-corrected chi connectivity index (χ4v) is 3.07. The molecule has 150 valence electrons. The third-order valence-electron chi connectivity index (χ3n) is 4.74. The van der Waals surface area contributed by atoms with Crippen LogP contribution < -0.4 is 5.32 Å². The Kier molecular flexibility index (Phi) is 7.80. The highest BCUT2D eigenvalue weighted by molar-refractivity contribution is 5.77. The van der Waals surface area contributed by atoms with Crippen molar-refractivity contribution in [2.75, 3.05) is 19.8 Å². The number of rotatable bonds is 8. The van der Waals surface area contributed by atoms with Gasteiger partial charge in [0.15, 0.2) is 0 Å². The summed E-state index contributed by atoms with van der Waals surface area (Å²) in [6.07, 6.45) is 1.91. The van der Waals surface area contributed by atoms with Crippen molar-refractivity contribution in [2.24, 2.45) is 0 Å². The first-order valence-corrected chi connectivity index (χ1v) is 9.56. The molecule has 1 amide bonds. The van der Waals surface area contributed by atoms with E-state index >= 15 is 0 Å². The molecular weight excluding hydrogens is 346 g/mol. The maximum Gasteiger partial charge on any atom is 0.305 e. The number of aliphatic carboxylic acids is 1. The summed E-state index contributed by atoms with van der Waals surface area (Å²) in [4.78, 5) is 23.5. The van der Waals surface area contributed by atoms with Crippen LogP contribution in [0.5, 0.6) is 0 Å². The molecule has 1 aromatic rings. The number of hydrogen-bond donors (Lipinski definition) is 2. The van der Waals surface area contributed by atoms with Gasteiger partial charge in [0.2, 0.25) is 5.91 Å². The normalized spacial score (nSPS) is 16.7. The van der Waals surface area contributed by atoms with Crippen LogP contribution in [0.3, 0.4) is 0 Å². The number of hydrogen-bond acceptors (Lipinski definition) is 4. The lowest BCUT2D eigenvalue weighted by Crippen LogP contribution is -2.32. The first kappa shape index (κ1) is 21.4. The summed E-state index contributed by atoms with van der Waals surface area (Å²) in [5.74, 6) is -1.15. The topological polar surface area (TPSA) is 84.9 Å². The standard InChI is InChI=1S/C21H31NO5/c1-21(2,3)16-6-4-15(5-7-16)18(14-20(24)25)22-19(23)10-13-27-17-8-11-26-12-9-17/h4-7,17-18H,8-14H2,1-3H3,(H,22,23)(H,24,25). The van der Waals surface area contributed by atoms with Crippen LogP contribution in [-0.2, 0) is 24.5 Å². The fraction of sp³-hybridized carbons (Fsp3) is 0.619. The van der Waals surface area contributed by atoms with E-state index in [9.17, 15) is 14.7 Å². The lowest BCUT2D eigenvalue weighted by molar-refractivity contribution is -0.137. The second kappa shape index (κ2) is 9.85. The lowest BCUT2D eigenvalue weighted by atomic mass is 9.86. The Morgan fingerprint density at radius 3 is 2.41 bits per heavy atom. The molecular formula is C21H31NO5. The van der Waals surface area contributed by atoms with Crippen molar-refractivity contribution in [3.63, 3.8) is 0 Å². The predicted molar refractivity (Wildman–Crippen MR) is 103 cm³/mol. The number of carboxylic acids is 1. The van der Waals surface area contributed by atoms with Crippen molar-refractivity contribution < 1.29 is 24.2 Å². The molecule has 0 saturated carbocycles. The SMILES string of the molecule is CC(C)(C)c1ccc(C(CC(=O)O)NC(=O)CCOC2CCOCC2)cc1. The number of nitrogens with one attached hydrogen (secondary N) is 1. The van der Waals surface area contributed by atoms with Gasteiger partial charge < -0.3 is 19.9 Å². The van der Waals surface area contributed by atoms with Crippen LogP contribution in [0.2, 0.25) is 0 Å². The molecule has 1 aliphatic heterocycles. The number of carbonyl (C=O) groups is 2. The van der Waals surface area contributed by atoms with E-state index in [1.807, 2.05) is 24.3 Å². The molecule has 0 bridgehead atoms.